The molecular formula is C19H20N6O4S. The summed E-state index contributed by atoms with van der Waals surface area (Å²) < 4.78 is 32.3. The molecular weight excluding hydrogens is 408 g/mol. The van der Waals surface area contributed by atoms with Gasteiger partial charge < -0.3 is 4.74 Å². The van der Waals surface area contributed by atoms with Crippen LogP contribution in [0.15, 0.2) is 42.6 Å². The number of rotatable bonds is 6. The SMILES string of the molecule is COc1ccc(-n2nnnc2C(=O)Cc2ccc(N3CCCCS3(=O)=O)cn2)cc1. The van der Waals surface area contributed by atoms with Gasteiger partial charge in [-0.1, -0.05) is 0 Å². The van der Waals surface area contributed by atoms with Crippen molar-refractivity contribution in [2.75, 3.05) is 23.7 Å². The number of pyridine rings is 1. The molecule has 1 fully saturated rings. The normalized spacial score (nSPS) is 15.7. The number of anilines is 1. The second kappa shape index (κ2) is 8.19. The molecule has 0 spiro atoms. The van der Waals surface area contributed by atoms with E-state index in [1.54, 1.807) is 43.5 Å². The lowest BCUT2D eigenvalue weighted by atomic mass is 10.2. The molecule has 3 aromatic rings. The number of ketones is 1. The molecule has 0 amide bonds. The van der Waals surface area contributed by atoms with Gasteiger partial charge in [0, 0.05) is 12.2 Å². The Hall–Kier alpha value is -3.34. The number of carbonyl (C=O) groups is 1. The van der Waals surface area contributed by atoms with Crippen molar-refractivity contribution < 1.29 is 17.9 Å². The molecule has 30 heavy (non-hydrogen) atoms. The van der Waals surface area contributed by atoms with E-state index in [0.717, 1.165) is 6.42 Å². The number of benzene rings is 1. The summed E-state index contributed by atoms with van der Waals surface area (Å²) in [6, 6.07) is 10.3. The molecule has 0 radical (unpaired) electrons. The fraction of sp³-hybridized carbons (Fsp3) is 0.316. The molecule has 4 rings (SSSR count). The summed E-state index contributed by atoms with van der Waals surface area (Å²) in [5.41, 5.74) is 1.64. The van der Waals surface area contributed by atoms with Crippen LogP contribution >= 0.6 is 0 Å². The smallest absolute Gasteiger partial charge is 0.235 e. The van der Waals surface area contributed by atoms with Gasteiger partial charge in [0.1, 0.15) is 5.75 Å². The van der Waals surface area contributed by atoms with Gasteiger partial charge in [-0.05, 0) is 59.7 Å². The van der Waals surface area contributed by atoms with Crippen LogP contribution in [-0.2, 0) is 16.4 Å². The molecule has 1 aliphatic heterocycles. The van der Waals surface area contributed by atoms with Gasteiger partial charge in [0.2, 0.25) is 21.6 Å². The molecule has 0 bridgehead atoms. The molecule has 3 heterocycles. The summed E-state index contributed by atoms with van der Waals surface area (Å²) in [6.45, 7) is 0.443. The number of ether oxygens (including phenoxy) is 1. The fourth-order valence-corrected chi connectivity index (χ4v) is 4.88. The predicted molar refractivity (Wildman–Crippen MR) is 108 cm³/mol. The molecule has 1 aliphatic rings. The van der Waals surface area contributed by atoms with Crippen molar-refractivity contribution in [3.63, 3.8) is 0 Å². The first-order valence-corrected chi connectivity index (χ1v) is 11.0. The largest absolute Gasteiger partial charge is 0.497 e. The topological polar surface area (TPSA) is 120 Å². The van der Waals surface area contributed by atoms with Crippen LogP contribution in [0.2, 0.25) is 0 Å². The summed E-state index contributed by atoms with van der Waals surface area (Å²) in [6.07, 6.45) is 2.96. The number of aromatic nitrogens is 5. The average Bonchev–Trinajstić information content (AvgIpc) is 3.24. The highest BCUT2D eigenvalue weighted by Crippen LogP contribution is 2.23. The van der Waals surface area contributed by atoms with Crippen LogP contribution in [0.3, 0.4) is 0 Å². The molecule has 0 unspecified atom stereocenters. The number of hydrogen-bond donors (Lipinski definition) is 0. The van der Waals surface area contributed by atoms with Crippen molar-refractivity contribution >= 4 is 21.5 Å². The van der Waals surface area contributed by atoms with E-state index in [0.29, 0.717) is 35.8 Å². The minimum Gasteiger partial charge on any atom is -0.497 e. The maximum absolute atomic E-state index is 12.7. The minimum atomic E-state index is -3.30. The second-order valence-corrected chi connectivity index (χ2v) is 8.83. The van der Waals surface area contributed by atoms with Gasteiger partial charge >= 0.3 is 0 Å². The highest BCUT2D eigenvalue weighted by Gasteiger charge is 2.26. The third-order valence-corrected chi connectivity index (χ3v) is 6.69. The fourth-order valence-electron chi connectivity index (χ4n) is 3.25. The number of hydrogen-bond acceptors (Lipinski definition) is 8. The van der Waals surface area contributed by atoms with E-state index < -0.39 is 10.0 Å². The number of Topliss-reactive ketones (excluding diaryl/α,β-unsaturated/α-hetero) is 1. The Labute approximate surface area is 173 Å². The third kappa shape index (κ3) is 4.01. The molecule has 156 valence electrons. The Balaban J connectivity index is 1.50. The van der Waals surface area contributed by atoms with E-state index >= 15 is 0 Å². The minimum absolute atomic E-state index is 0.0104. The number of nitrogens with zero attached hydrogens (tertiary/aromatic N) is 6. The van der Waals surface area contributed by atoms with Crippen molar-refractivity contribution in [1.29, 1.82) is 0 Å². The Morgan fingerprint density at radius 1 is 1.10 bits per heavy atom. The Morgan fingerprint density at radius 2 is 1.87 bits per heavy atom. The van der Waals surface area contributed by atoms with E-state index in [9.17, 15) is 13.2 Å². The van der Waals surface area contributed by atoms with Crippen LogP contribution in [0.4, 0.5) is 5.69 Å². The molecule has 0 aliphatic carbocycles. The lowest BCUT2D eigenvalue weighted by molar-refractivity contribution is 0.0979. The van der Waals surface area contributed by atoms with Gasteiger partial charge in [-0.2, -0.15) is 4.68 Å². The summed E-state index contributed by atoms with van der Waals surface area (Å²) in [7, 11) is -1.73. The van der Waals surface area contributed by atoms with Crippen LogP contribution in [0.25, 0.3) is 5.69 Å². The molecule has 0 saturated carbocycles. The highest BCUT2D eigenvalue weighted by molar-refractivity contribution is 7.92. The standard InChI is InChI=1S/C19H20N6O4S/c1-29-17-8-6-15(7-9-17)25-19(21-22-23-25)18(26)12-14-4-5-16(13-20-14)24-10-2-3-11-30(24,27)28/h4-9,13H,2-3,10-12H2,1H3. The van der Waals surface area contributed by atoms with Gasteiger partial charge in [-0.25, -0.2) is 8.42 Å². The Kier molecular flexibility index (Phi) is 5.44. The van der Waals surface area contributed by atoms with Crippen molar-refractivity contribution in [3.05, 3.63) is 54.1 Å². The first-order chi connectivity index (χ1) is 14.5. The maximum Gasteiger partial charge on any atom is 0.235 e. The van der Waals surface area contributed by atoms with Crippen molar-refractivity contribution in [2.24, 2.45) is 0 Å². The first-order valence-electron chi connectivity index (χ1n) is 9.39. The number of tetrazole rings is 1. The van der Waals surface area contributed by atoms with Gasteiger partial charge in [0.05, 0.1) is 36.9 Å². The van der Waals surface area contributed by atoms with E-state index in [-0.39, 0.29) is 23.8 Å². The Bertz CT molecular complexity index is 1140. The van der Waals surface area contributed by atoms with Gasteiger partial charge in [0.25, 0.3) is 0 Å². The van der Waals surface area contributed by atoms with Crippen LogP contribution in [0.1, 0.15) is 29.2 Å². The molecule has 0 N–H and O–H groups in total. The van der Waals surface area contributed by atoms with Crippen molar-refractivity contribution in [1.82, 2.24) is 25.2 Å². The van der Waals surface area contributed by atoms with Crippen molar-refractivity contribution in [3.8, 4) is 11.4 Å². The number of sulfonamides is 1. The molecule has 1 saturated heterocycles. The van der Waals surface area contributed by atoms with Crippen LogP contribution in [0, 0.1) is 0 Å². The number of carbonyl (C=O) groups excluding carboxylic acids is 1. The zero-order valence-electron chi connectivity index (χ0n) is 16.3. The lowest BCUT2D eigenvalue weighted by Crippen LogP contribution is -2.37. The monoisotopic (exact) mass is 428 g/mol. The van der Waals surface area contributed by atoms with E-state index in [2.05, 4.69) is 20.5 Å². The van der Waals surface area contributed by atoms with E-state index in [4.69, 9.17) is 4.74 Å². The molecule has 1 aromatic carbocycles. The van der Waals surface area contributed by atoms with Crippen LogP contribution in [0.5, 0.6) is 5.75 Å². The second-order valence-electron chi connectivity index (χ2n) is 6.82. The van der Waals surface area contributed by atoms with Crippen LogP contribution in [-0.4, -0.2) is 58.8 Å². The summed E-state index contributed by atoms with van der Waals surface area (Å²) >= 11 is 0. The molecule has 11 heteroatoms. The van der Waals surface area contributed by atoms with Crippen molar-refractivity contribution in [2.45, 2.75) is 19.3 Å². The van der Waals surface area contributed by atoms with Gasteiger partial charge in [-0.3, -0.25) is 14.1 Å². The average molecular weight is 428 g/mol. The van der Waals surface area contributed by atoms with Gasteiger partial charge in [0.15, 0.2) is 0 Å². The molecule has 0 atom stereocenters. The predicted octanol–water partition coefficient (Wildman–Crippen LogP) is 1.42. The first kappa shape index (κ1) is 20.0. The van der Waals surface area contributed by atoms with E-state index in [1.807, 2.05) is 0 Å². The summed E-state index contributed by atoms with van der Waals surface area (Å²) in [5, 5.41) is 11.4. The molecule has 10 nitrogen and oxygen atoms in total. The lowest BCUT2D eigenvalue weighted by Gasteiger charge is -2.27. The third-order valence-electron chi connectivity index (χ3n) is 4.82. The quantitative estimate of drug-likeness (QED) is 0.541. The highest BCUT2D eigenvalue weighted by atomic mass is 32.2. The molecule has 2 aromatic heterocycles. The van der Waals surface area contributed by atoms with E-state index in [1.165, 1.54) is 15.2 Å². The maximum atomic E-state index is 12.7. The zero-order valence-corrected chi connectivity index (χ0v) is 17.1. The van der Waals surface area contributed by atoms with Crippen LogP contribution < -0.4 is 9.04 Å². The summed E-state index contributed by atoms with van der Waals surface area (Å²) in [5.74, 6) is 0.604. The number of methoxy groups -OCH3 is 1. The summed E-state index contributed by atoms with van der Waals surface area (Å²) in [4.78, 5) is 17.0. The van der Waals surface area contributed by atoms with Gasteiger partial charge in [-0.15, -0.1) is 5.10 Å². The Morgan fingerprint density at radius 3 is 2.53 bits per heavy atom. The zero-order chi connectivity index (χ0) is 21.1.